The molecule has 0 atom stereocenters. The lowest BCUT2D eigenvalue weighted by Crippen LogP contribution is -2.15. The molecule has 3 nitrogen and oxygen atoms in total. The first kappa shape index (κ1) is 13.3. The molecule has 1 saturated carbocycles. The molecule has 0 saturated heterocycles. The summed E-state index contributed by atoms with van der Waals surface area (Å²) in [7, 11) is 2.03. The number of halogens is 1. The van der Waals surface area contributed by atoms with Crippen molar-refractivity contribution in [1.29, 1.82) is 0 Å². The maximum atomic E-state index is 11.1. The monoisotopic (exact) mass is 356 g/mol. The normalized spacial score (nSPS) is 14.6. The molecule has 0 unspecified atom stereocenters. The van der Waals surface area contributed by atoms with Gasteiger partial charge in [0.05, 0.1) is 17.1 Å². The number of aromatic nitrogens is 1. The van der Waals surface area contributed by atoms with Crippen LogP contribution in [-0.2, 0) is 6.54 Å². The lowest BCUT2D eigenvalue weighted by molar-refractivity contribution is 0.112. The van der Waals surface area contributed by atoms with Crippen molar-refractivity contribution < 1.29 is 4.79 Å². The van der Waals surface area contributed by atoms with E-state index in [2.05, 4.69) is 37.3 Å². The van der Waals surface area contributed by atoms with Crippen molar-refractivity contribution in [3.05, 3.63) is 31.4 Å². The number of hydrogen-bond acceptors (Lipinski definition) is 5. The number of carbonyl (C=O) groups is 1. The molecule has 0 aliphatic heterocycles. The number of rotatable bonds is 5. The third-order valence-electron chi connectivity index (χ3n) is 3.08. The van der Waals surface area contributed by atoms with E-state index in [1.165, 1.54) is 29.1 Å². The molecule has 0 amide bonds. The van der Waals surface area contributed by atoms with Crippen LogP contribution in [0.15, 0.2) is 15.9 Å². The quantitative estimate of drug-likeness (QED) is 0.749. The van der Waals surface area contributed by atoms with E-state index in [-0.39, 0.29) is 0 Å². The van der Waals surface area contributed by atoms with Crippen LogP contribution in [0.5, 0.6) is 0 Å². The van der Waals surface area contributed by atoms with Crippen LogP contribution in [0.4, 0.5) is 5.13 Å². The summed E-state index contributed by atoms with van der Waals surface area (Å²) in [6.07, 6.45) is 3.29. The SMILES string of the molecule is CN(Cc1cc(Br)cs1)c1nc(C2CC2)c(C=O)s1. The molecular weight excluding hydrogens is 344 g/mol. The predicted molar refractivity (Wildman–Crippen MR) is 83.6 cm³/mol. The highest BCUT2D eigenvalue weighted by Crippen LogP contribution is 2.43. The molecule has 0 aromatic carbocycles. The molecule has 2 aromatic heterocycles. The third kappa shape index (κ3) is 2.90. The Labute approximate surface area is 128 Å². The summed E-state index contributed by atoms with van der Waals surface area (Å²) in [5, 5.41) is 3.02. The fourth-order valence-electron chi connectivity index (χ4n) is 1.97. The van der Waals surface area contributed by atoms with E-state index in [0.717, 1.165) is 33.0 Å². The second-order valence-corrected chi connectivity index (χ2v) is 7.65. The molecule has 1 aliphatic rings. The number of nitrogens with zero attached hydrogens (tertiary/aromatic N) is 2. The molecule has 19 heavy (non-hydrogen) atoms. The second-order valence-electron chi connectivity index (χ2n) is 4.73. The molecule has 2 heterocycles. The summed E-state index contributed by atoms with van der Waals surface area (Å²) in [5.74, 6) is 0.523. The van der Waals surface area contributed by atoms with E-state index >= 15 is 0 Å². The van der Waals surface area contributed by atoms with Gasteiger partial charge in [0.15, 0.2) is 11.4 Å². The molecule has 0 N–H and O–H groups in total. The zero-order valence-corrected chi connectivity index (χ0v) is 13.6. The minimum Gasteiger partial charge on any atom is -0.346 e. The predicted octanol–water partition coefficient (Wildman–Crippen LogP) is 4.29. The Morgan fingerprint density at radius 1 is 1.58 bits per heavy atom. The summed E-state index contributed by atoms with van der Waals surface area (Å²) in [6.45, 7) is 0.826. The van der Waals surface area contributed by atoms with Crippen LogP contribution in [0.2, 0.25) is 0 Å². The molecule has 0 spiro atoms. The van der Waals surface area contributed by atoms with Crippen molar-refractivity contribution >= 4 is 50.0 Å². The largest absolute Gasteiger partial charge is 0.346 e. The molecule has 100 valence electrons. The van der Waals surface area contributed by atoms with Gasteiger partial charge in [0, 0.05) is 27.7 Å². The van der Waals surface area contributed by atoms with Crippen LogP contribution in [0, 0.1) is 0 Å². The van der Waals surface area contributed by atoms with Crippen molar-refractivity contribution in [2.45, 2.75) is 25.3 Å². The molecule has 0 radical (unpaired) electrons. The Morgan fingerprint density at radius 3 is 2.95 bits per heavy atom. The van der Waals surface area contributed by atoms with Crippen molar-refractivity contribution in [1.82, 2.24) is 4.98 Å². The van der Waals surface area contributed by atoms with Gasteiger partial charge in [-0.3, -0.25) is 4.79 Å². The van der Waals surface area contributed by atoms with Gasteiger partial charge in [0.1, 0.15) is 0 Å². The average Bonchev–Trinajstić information content (AvgIpc) is 3.01. The first-order chi connectivity index (χ1) is 9.17. The smallest absolute Gasteiger partial charge is 0.186 e. The number of thiophene rings is 1. The highest BCUT2D eigenvalue weighted by atomic mass is 79.9. The number of thiazole rings is 1. The fraction of sp³-hybridized carbons (Fsp3) is 0.385. The molecule has 1 fully saturated rings. The van der Waals surface area contributed by atoms with Crippen molar-refractivity contribution in [3.63, 3.8) is 0 Å². The minimum atomic E-state index is 0.523. The van der Waals surface area contributed by atoms with E-state index < -0.39 is 0 Å². The van der Waals surface area contributed by atoms with Gasteiger partial charge in [0.2, 0.25) is 0 Å². The van der Waals surface area contributed by atoms with Gasteiger partial charge in [-0.25, -0.2) is 4.98 Å². The van der Waals surface area contributed by atoms with E-state index in [9.17, 15) is 4.79 Å². The van der Waals surface area contributed by atoms with Crippen molar-refractivity contribution in [2.75, 3.05) is 11.9 Å². The van der Waals surface area contributed by atoms with Gasteiger partial charge >= 0.3 is 0 Å². The second kappa shape index (κ2) is 5.34. The molecule has 6 heteroatoms. The molecule has 2 aromatic rings. The standard InChI is InChI=1S/C13H13BrN2OS2/c1-16(5-10-4-9(14)7-18-10)13-15-12(8-2-3-8)11(6-17)19-13/h4,6-8H,2-3,5H2,1H3. The first-order valence-electron chi connectivity index (χ1n) is 6.07. The molecule has 3 rings (SSSR count). The number of carbonyl (C=O) groups excluding carboxylic acids is 1. The topological polar surface area (TPSA) is 33.2 Å². The van der Waals surface area contributed by atoms with Crippen molar-refractivity contribution in [3.8, 4) is 0 Å². The van der Waals surface area contributed by atoms with E-state index in [1.807, 2.05) is 7.05 Å². The molecular formula is C13H13BrN2OS2. The maximum absolute atomic E-state index is 11.1. The third-order valence-corrected chi connectivity index (χ3v) is 5.88. The zero-order chi connectivity index (χ0) is 13.4. The Bertz CT molecular complexity index is 604. The van der Waals surface area contributed by atoms with Crippen LogP contribution in [-0.4, -0.2) is 18.3 Å². The van der Waals surface area contributed by atoms with E-state index in [0.29, 0.717) is 5.92 Å². The molecule has 0 bridgehead atoms. The summed E-state index contributed by atoms with van der Waals surface area (Å²) >= 11 is 6.69. The Balaban J connectivity index is 1.79. The van der Waals surface area contributed by atoms with Crippen LogP contribution in [0.1, 0.15) is 39.0 Å². The van der Waals surface area contributed by atoms with Crippen LogP contribution in [0.25, 0.3) is 0 Å². The van der Waals surface area contributed by atoms with Gasteiger partial charge in [-0.1, -0.05) is 11.3 Å². The number of anilines is 1. The highest BCUT2D eigenvalue weighted by Gasteiger charge is 2.30. The number of hydrogen-bond donors (Lipinski definition) is 0. The summed E-state index contributed by atoms with van der Waals surface area (Å²) < 4.78 is 1.12. The fourth-order valence-corrected chi connectivity index (χ4v) is 4.40. The average molecular weight is 357 g/mol. The number of aldehydes is 1. The Kier molecular flexibility index (Phi) is 3.73. The Morgan fingerprint density at radius 2 is 2.37 bits per heavy atom. The van der Waals surface area contributed by atoms with Crippen molar-refractivity contribution in [2.24, 2.45) is 0 Å². The van der Waals surface area contributed by atoms with Gasteiger partial charge < -0.3 is 4.90 Å². The van der Waals surface area contributed by atoms with Gasteiger partial charge in [-0.15, -0.1) is 11.3 Å². The van der Waals surface area contributed by atoms with Gasteiger partial charge in [-0.2, -0.15) is 0 Å². The maximum Gasteiger partial charge on any atom is 0.186 e. The van der Waals surface area contributed by atoms with Crippen LogP contribution < -0.4 is 4.90 Å². The van der Waals surface area contributed by atoms with E-state index in [1.54, 1.807) is 11.3 Å². The van der Waals surface area contributed by atoms with E-state index in [4.69, 9.17) is 0 Å². The van der Waals surface area contributed by atoms with Crippen LogP contribution >= 0.6 is 38.6 Å². The minimum absolute atomic E-state index is 0.523. The highest BCUT2D eigenvalue weighted by molar-refractivity contribution is 9.10. The Hall–Kier alpha value is -0.720. The first-order valence-corrected chi connectivity index (χ1v) is 8.56. The lowest BCUT2D eigenvalue weighted by Gasteiger charge is -2.14. The lowest BCUT2D eigenvalue weighted by atomic mass is 10.3. The summed E-state index contributed by atoms with van der Waals surface area (Å²) in [5.41, 5.74) is 1.01. The van der Waals surface area contributed by atoms with Gasteiger partial charge in [-0.05, 0) is 34.8 Å². The van der Waals surface area contributed by atoms with Crippen LogP contribution in [0.3, 0.4) is 0 Å². The summed E-state index contributed by atoms with van der Waals surface area (Å²) in [6, 6.07) is 2.12. The zero-order valence-electron chi connectivity index (χ0n) is 10.4. The van der Waals surface area contributed by atoms with Gasteiger partial charge in [0.25, 0.3) is 0 Å². The summed E-state index contributed by atoms with van der Waals surface area (Å²) in [4.78, 5) is 20.0. The molecule has 1 aliphatic carbocycles.